The van der Waals surface area contributed by atoms with Gasteiger partial charge in [-0.3, -0.25) is 9.59 Å². The topological polar surface area (TPSA) is 75.7 Å². The van der Waals surface area contributed by atoms with Crippen molar-refractivity contribution in [2.75, 3.05) is 18.1 Å². The van der Waals surface area contributed by atoms with Gasteiger partial charge < -0.3 is 15.0 Å². The summed E-state index contributed by atoms with van der Waals surface area (Å²) in [6.45, 7) is 0.340. The average molecular weight is 302 g/mol. The van der Waals surface area contributed by atoms with Gasteiger partial charge in [0.05, 0.1) is 0 Å². The molecule has 6 heteroatoms. The number of benzene rings is 1. The molecular formula is C16H18N2O4. The first-order valence-corrected chi connectivity index (χ1v) is 7.49. The maximum absolute atomic E-state index is 12.3. The van der Waals surface area contributed by atoms with E-state index in [2.05, 4.69) is 5.32 Å². The third-order valence-electron chi connectivity index (χ3n) is 4.03. The van der Waals surface area contributed by atoms with Crippen LogP contribution in [-0.4, -0.2) is 37.0 Å². The predicted octanol–water partition coefficient (Wildman–Crippen LogP) is 0.788. The Morgan fingerprint density at radius 1 is 1.27 bits per heavy atom. The van der Waals surface area contributed by atoms with Gasteiger partial charge in [0.2, 0.25) is 5.91 Å². The van der Waals surface area contributed by atoms with E-state index in [0.717, 1.165) is 24.1 Å². The van der Waals surface area contributed by atoms with Crippen LogP contribution >= 0.6 is 0 Å². The van der Waals surface area contributed by atoms with Crippen molar-refractivity contribution in [2.45, 2.75) is 31.7 Å². The minimum absolute atomic E-state index is 0.154. The van der Waals surface area contributed by atoms with Crippen LogP contribution in [-0.2, 0) is 25.5 Å². The highest BCUT2D eigenvalue weighted by Gasteiger charge is 2.30. The van der Waals surface area contributed by atoms with Crippen LogP contribution in [0.3, 0.4) is 0 Å². The van der Waals surface area contributed by atoms with Gasteiger partial charge >= 0.3 is 5.97 Å². The molecule has 0 aromatic heterocycles. The van der Waals surface area contributed by atoms with Gasteiger partial charge in [-0.1, -0.05) is 18.2 Å². The Hall–Kier alpha value is -2.37. The Kier molecular flexibility index (Phi) is 4.09. The fourth-order valence-corrected chi connectivity index (χ4v) is 2.89. The molecule has 0 aliphatic carbocycles. The van der Waals surface area contributed by atoms with Gasteiger partial charge in [0.25, 0.3) is 5.91 Å². The second kappa shape index (κ2) is 6.17. The molecule has 2 aliphatic heterocycles. The lowest BCUT2D eigenvalue weighted by molar-refractivity contribution is -0.150. The molecule has 0 spiro atoms. The Bertz CT molecular complexity index is 614. The maximum atomic E-state index is 12.3. The van der Waals surface area contributed by atoms with Crippen LogP contribution < -0.4 is 10.2 Å². The number of carbonyl (C=O) groups excluding carboxylic acids is 3. The Morgan fingerprint density at radius 3 is 2.86 bits per heavy atom. The van der Waals surface area contributed by atoms with Crippen molar-refractivity contribution in [1.82, 2.24) is 5.32 Å². The van der Waals surface area contributed by atoms with Crippen molar-refractivity contribution in [3.05, 3.63) is 29.8 Å². The van der Waals surface area contributed by atoms with Crippen molar-refractivity contribution in [3.63, 3.8) is 0 Å². The lowest BCUT2D eigenvalue weighted by Gasteiger charge is -2.29. The molecule has 2 amide bonds. The van der Waals surface area contributed by atoms with E-state index in [1.807, 2.05) is 24.3 Å². The molecule has 0 unspecified atom stereocenters. The van der Waals surface area contributed by atoms with Crippen LogP contribution in [0.2, 0.25) is 0 Å². The average Bonchev–Trinajstić information content (AvgIpc) is 2.98. The third kappa shape index (κ3) is 2.95. The van der Waals surface area contributed by atoms with Crippen LogP contribution in [0.25, 0.3) is 0 Å². The molecule has 3 rings (SSSR count). The second-order valence-electron chi connectivity index (χ2n) is 5.54. The molecule has 22 heavy (non-hydrogen) atoms. The number of anilines is 1. The SMILES string of the molecule is O=C1CC[C@@H](C(=O)OCC(=O)N2CCCc3ccccc32)N1. The lowest BCUT2D eigenvalue weighted by atomic mass is 10.0. The van der Waals surface area contributed by atoms with Crippen LogP contribution in [0.5, 0.6) is 0 Å². The fourth-order valence-electron chi connectivity index (χ4n) is 2.89. The number of para-hydroxylation sites is 1. The molecule has 2 aliphatic rings. The van der Waals surface area contributed by atoms with E-state index in [-0.39, 0.29) is 18.4 Å². The number of esters is 1. The van der Waals surface area contributed by atoms with Crippen molar-refractivity contribution >= 4 is 23.5 Å². The van der Waals surface area contributed by atoms with E-state index in [4.69, 9.17) is 4.74 Å². The molecule has 0 radical (unpaired) electrons. The normalized spacial score (nSPS) is 20.3. The number of nitrogens with zero attached hydrogens (tertiary/aromatic N) is 1. The number of hydrogen-bond donors (Lipinski definition) is 1. The summed E-state index contributed by atoms with van der Waals surface area (Å²) in [7, 11) is 0. The summed E-state index contributed by atoms with van der Waals surface area (Å²) in [5.74, 6) is -0.924. The first kappa shape index (κ1) is 14.6. The van der Waals surface area contributed by atoms with Crippen LogP contribution in [0.4, 0.5) is 5.69 Å². The van der Waals surface area contributed by atoms with Crippen molar-refractivity contribution < 1.29 is 19.1 Å². The first-order chi connectivity index (χ1) is 10.6. The molecule has 0 bridgehead atoms. The summed E-state index contributed by atoms with van der Waals surface area (Å²) in [5.41, 5.74) is 2.03. The number of carbonyl (C=O) groups is 3. The van der Waals surface area contributed by atoms with Gasteiger partial charge in [-0.15, -0.1) is 0 Å². The maximum Gasteiger partial charge on any atom is 0.329 e. The van der Waals surface area contributed by atoms with E-state index in [0.29, 0.717) is 19.4 Å². The largest absolute Gasteiger partial charge is 0.454 e. The molecule has 6 nitrogen and oxygen atoms in total. The number of hydrogen-bond acceptors (Lipinski definition) is 4. The molecule has 1 aromatic rings. The molecule has 0 saturated carbocycles. The quantitative estimate of drug-likeness (QED) is 0.838. The van der Waals surface area contributed by atoms with E-state index in [1.165, 1.54) is 0 Å². The minimum atomic E-state index is -0.617. The zero-order chi connectivity index (χ0) is 15.5. The number of fused-ring (bicyclic) bond motifs is 1. The standard InChI is InChI=1S/C16H18N2O4/c19-14-8-7-12(17-14)16(21)22-10-15(20)18-9-3-5-11-4-1-2-6-13(11)18/h1-2,4,6,12H,3,5,7-10H2,(H,17,19)/t12-/m0/s1. The molecule has 1 fully saturated rings. The first-order valence-electron chi connectivity index (χ1n) is 7.49. The van der Waals surface area contributed by atoms with Gasteiger partial charge in [0.15, 0.2) is 6.61 Å². The molecule has 1 atom stereocenters. The monoisotopic (exact) mass is 302 g/mol. The summed E-state index contributed by atoms with van der Waals surface area (Å²) < 4.78 is 5.06. The van der Waals surface area contributed by atoms with Crippen molar-refractivity contribution in [3.8, 4) is 0 Å². The molecule has 1 N–H and O–H groups in total. The molecule has 1 saturated heterocycles. The van der Waals surface area contributed by atoms with Crippen molar-refractivity contribution in [2.24, 2.45) is 0 Å². The van der Waals surface area contributed by atoms with E-state index in [1.54, 1.807) is 4.90 Å². The van der Waals surface area contributed by atoms with Crippen LogP contribution in [0.15, 0.2) is 24.3 Å². The zero-order valence-corrected chi connectivity index (χ0v) is 12.2. The highest BCUT2D eigenvalue weighted by Crippen LogP contribution is 2.26. The second-order valence-corrected chi connectivity index (χ2v) is 5.54. The number of rotatable bonds is 3. The summed E-state index contributed by atoms with van der Waals surface area (Å²) in [4.78, 5) is 36.9. The summed E-state index contributed by atoms with van der Waals surface area (Å²) in [6, 6.07) is 7.15. The Balaban J connectivity index is 1.59. The van der Waals surface area contributed by atoms with Crippen molar-refractivity contribution in [1.29, 1.82) is 0 Å². The number of nitrogens with one attached hydrogen (secondary N) is 1. The van der Waals surface area contributed by atoms with Gasteiger partial charge in [-0.25, -0.2) is 4.79 Å². The fraction of sp³-hybridized carbons (Fsp3) is 0.438. The smallest absolute Gasteiger partial charge is 0.329 e. The number of amides is 2. The molecule has 116 valence electrons. The molecular weight excluding hydrogens is 284 g/mol. The van der Waals surface area contributed by atoms with Gasteiger partial charge in [0.1, 0.15) is 6.04 Å². The summed E-state index contributed by atoms with van der Waals surface area (Å²) in [6.07, 6.45) is 2.61. The number of ether oxygens (including phenoxy) is 1. The van der Waals surface area contributed by atoms with E-state index < -0.39 is 12.0 Å². The van der Waals surface area contributed by atoms with Crippen LogP contribution in [0, 0.1) is 0 Å². The third-order valence-corrected chi connectivity index (χ3v) is 4.03. The van der Waals surface area contributed by atoms with E-state index in [9.17, 15) is 14.4 Å². The zero-order valence-electron chi connectivity index (χ0n) is 12.2. The Morgan fingerprint density at radius 2 is 2.09 bits per heavy atom. The highest BCUT2D eigenvalue weighted by atomic mass is 16.5. The van der Waals surface area contributed by atoms with E-state index >= 15 is 0 Å². The van der Waals surface area contributed by atoms with Gasteiger partial charge in [-0.05, 0) is 30.9 Å². The minimum Gasteiger partial charge on any atom is -0.454 e. The lowest BCUT2D eigenvalue weighted by Crippen LogP contribution is -2.40. The molecule has 1 aromatic carbocycles. The van der Waals surface area contributed by atoms with Gasteiger partial charge in [0, 0.05) is 18.7 Å². The summed E-state index contributed by atoms with van der Waals surface area (Å²) >= 11 is 0. The highest BCUT2D eigenvalue weighted by molar-refractivity contribution is 5.97. The van der Waals surface area contributed by atoms with Gasteiger partial charge in [-0.2, -0.15) is 0 Å². The summed E-state index contributed by atoms with van der Waals surface area (Å²) in [5, 5.41) is 2.53. The number of aryl methyl sites for hydroxylation is 1. The molecule has 2 heterocycles. The Labute approximate surface area is 128 Å². The van der Waals surface area contributed by atoms with Crippen LogP contribution in [0.1, 0.15) is 24.8 Å². The predicted molar refractivity (Wildman–Crippen MR) is 79.2 cm³/mol.